The van der Waals surface area contributed by atoms with Crippen LogP contribution in [-0.4, -0.2) is 30.9 Å². The smallest absolute Gasteiger partial charge is 1.00 e. The first-order valence-electron chi connectivity index (χ1n) is 21.8. The van der Waals surface area contributed by atoms with Gasteiger partial charge in [0.2, 0.25) is 0 Å². The van der Waals surface area contributed by atoms with Gasteiger partial charge < -0.3 is 55.0 Å². The van der Waals surface area contributed by atoms with Crippen molar-refractivity contribution < 1.29 is 131 Å². The fraction of sp³-hybridized carbons (Fsp3) is 0.333. The third-order valence-electron chi connectivity index (χ3n) is 9.70. The van der Waals surface area contributed by atoms with Gasteiger partial charge in [0, 0.05) is 24.3 Å². The van der Waals surface area contributed by atoms with E-state index in [1.807, 2.05) is 52.8 Å². The minimum absolute atomic E-state index is 0. The number of phenols is 1. The van der Waals surface area contributed by atoms with Crippen LogP contribution in [0.2, 0.25) is 0 Å². The van der Waals surface area contributed by atoms with Crippen LogP contribution in [0.5, 0.6) is 28.7 Å². The van der Waals surface area contributed by atoms with E-state index in [-0.39, 0.29) is 133 Å². The van der Waals surface area contributed by atoms with Gasteiger partial charge in [-0.25, -0.2) is 4.39 Å². The summed E-state index contributed by atoms with van der Waals surface area (Å²) in [5.41, 5.74) is 5.46. The Labute approximate surface area is 528 Å². The van der Waals surface area contributed by atoms with Gasteiger partial charge >= 0.3 is 72.0 Å². The second-order valence-electron chi connectivity index (χ2n) is 17.3. The first kappa shape index (κ1) is 68.3. The topological polar surface area (TPSA) is 66.4 Å². The summed E-state index contributed by atoms with van der Waals surface area (Å²) in [6, 6.07) is 37.0. The van der Waals surface area contributed by atoms with Crippen LogP contribution in [0.1, 0.15) is 92.9 Å². The maximum absolute atomic E-state index is 13.1. The minimum atomic E-state index is -0.283. The van der Waals surface area contributed by atoms with Crippen molar-refractivity contribution in [2.24, 2.45) is 0 Å². The molecule has 0 saturated carbocycles. The summed E-state index contributed by atoms with van der Waals surface area (Å²) in [5, 5.41) is 9.46. The fourth-order valence-corrected chi connectivity index (χ4v) is 12.9. The standard InChI is InChI=1S/C27H30I3O3.C17H19FI.C10H12I2O3.2ClH.Na.H/c1-7-31-18(3)32-25-15-23(29)26(16-22(25)28)33-21-12-13-24(17(2)14-21)30-20-10-8-19(9-11-20)27(4,5)6;1-12-11-14(18)7-10-16(12)19-15-8-5-13(6-9-15)17(2,3)4;1-3-14-6(2)15-10-5-7(11)9(13)4-8(10)12;;;;/h8-16,18H,7H2,1-6H3;5-11H,1-4H3;4-6,13H,3H2,1-2H3;2*1H;;/q2*+1;;;;+1;-1/p-2. The van der Waals surface area contributed by atoms with E-state index in [0.717, 1.165) is 42.8 Å². The molecule has 6 aromatic rings. The van der Waals surface area contributed by atoms with Crippen LogP contribution in [0.15, 0.2) is 109 Å². The van der Waals surface area contributed by atoms with Gasteiger partial charge in [-0.3, -0.25) is 0 Å². The quantitative estimate of drug-likeness (QED) is 0.101. The molecule has 70 heavy (non-hydrogen) atoms. The Kier molecular flexibility index (Phi) is 32.0. The molecule has 6 nitrogen and oxygen atoms in total. The second-order valence-corrected chi connectivity index (χ2v) is 27.9. The molecule has 1 N–H and O–H groups in total. The first-order valence-corrected chi connectivity index (χ1v) is 30.4. The maximum Gasteiger partial charge on any atom is 1.00 e. The van der Waals surface area contributed by atoms with Gasteiger partial charge in [-0.15, -0.1) is 0 Å². The van der Waals surface area contributed by atoms with Crippen LogP contribution in [0.4, 0.5) is 4.39 Å². The zero-order valence-corrected chi connectivity index (χ0v) is 58.3. The Bertz CT molecular complexity index is 2550. The van der Waals surface area contributed by atoms with Crippen molar-refractivity contribution in [3.63, 3.8) is 0 Å². The van der Waals surface area contributed by atoms with E-state index in [4.69, 9.17) is 23.7 Å². The summed E-state index contributed by atoms with van der Waals surface area (Å²) in [4.78, 5) is 0. The summed E-state index contributed by atoms with van der Waals surface area (Å²) in [7, 11) is 0. The molecule has 0 saturated heterocycles. The molecule has 0 heterocycles. The molecule has 0 bridgehead atoms. The minimum Gasteiger partial charge on any atom is -1.00 e. The average Bonchev–Trinajstić information content (AvgIpc) is 3.24. The SMILES string of the molecule is CCOC(C)Oc1cc(I)c(O)cc1I.CCOC(C)Oc1cc(I)c(Oc2ccc([I+]c3ccc(C(C)(C)C)cc3)c(C)c2)cc1I.Cc1cc(F)ccc1[I+]c1ccc(C(C)(C)C)cc1.[Cl-].[Cl-].[H-].[Na+]. The molecule has 0 radical (unpaired) electrons. The number of rotatable bonds is 14. The molecule has 0 aromatic heterocycles. The molecular weight excluding hydrogens is 1620 g/mol. The number of aromatic hydroxyl groups is 1. The molecule has 0 fully saturated rings. The van der Waals surface area contributed by atoms with E-state index in [1.54, 1.807) is 24.3 Å². The third kappa shape index (κ3) is 22.9. The molecule has 6 aromatic carbocycles. The van der Waals surface area contributed by atoms with E-state index in [9.17, 15) is 9.50 Å². The summed E-state index contributed by atoms with van der Waals surface area (Å²) in [6.45, 7) is 26.5. The number of ether oxygens (including phenoxy) is 5. The van der Waals surface area contributed by atoms with Crippen LogP contribution in [0, 0.1) is 48.2 Å². The molecular formula is C54H62Cl2FI6NaO6. The molecule has 0 aliphatic carbocycles. The molecule has 0 aliphatic rings. The van der Waals surface area contributed by atoms with Crippen LogP contribution < -0.4 is 111 Å². The third-order valence-corrected chi connectivity index (χ3v) is 19.4. The Morgan fingerprint density at radius 1 is 0.557 bits per heavy atom. The Morgan fingerprint density at radius 2 is 0.943 bits per heavy atom. The number of aryl methyl sites for hydroxylation is 2. The van der Waals surface area contributed by atoms with Crippen LogP contribution >= 0.6 is 90.4 Å². The van der Waals surface area contributed by atoms with Gasteiger partial charge in [0.15, 0.2) is 26.9 Å². The van der Waals surface area contributed by atoms with E-state index in [2.05, 4.69) is 206 Å². The fourth-order valence-electron chi connectivity index (χ4n) is 6.07. The molecule has 16 heteroatoms. The van der Waals surface area contributed by atoms with Crippen LogP contribution in [0.25, 0.3) is 0 Å². The average molecular weight is 1680 g/mol. The first-order chi connectivity index (χ1) is 31.5. The predicted molar refractivity (Wildman–Crippen MR) is 297 cm³/mol. The number of hydrogen-bond donors (Lipinski definition) is 1. The second kappa shape index (κ2) is 32.8. The summed E-state index contributed by atoms with van der Waals surface area (Å²) >= 11 is 8.30. The summed E-state index contributed by atoms with van der Waals surface area (Å²) in [6.07, 6.45) is -0.557. The van der Waals surface area contributed by atoms with Crippen molar-refractivity contribution in [2.75, 3.05) is 13.2 Å². The van der Waals surface area contributed by atoms with E-state index < -0.39 is 0 Å². The van der Waals surface area contributed by atoms with Gasteiger partial charge in [0.05, 0.1) is 14.3 Å². The van der Waals surface area contributed by atoms with Crippen molar-refractivity contribution >= 4 is 90.4 Å². The van der Waals surface area contributed by atoms with Gasteiger partial charge in [0.25, 0.3) is 0 Å². The molecule has 0 aliphatic heterocycles. The summed E-state index contributed by atoms with van der Waals surface area (Å²) in [5.74, 6) is 3.36. The van der Waals surface area contributed by atoms with Gasteiger partial charge in [0.1, 0.15) is 34.6 Å². The largest absolute Gasteiger partial charge is 1.00 e. The number of phenolic OH excluding ortho intramolecular Hbond substituents is 1. The maximum atomic E-state index is 13.1. The number of hydrogen-bond acceptors (Lipinski definition) is 6. The molecule has 378 valence electrons. The molecule has 0 spiro atoms. The van der Waals surface area contributed by atoms with Crippen molar-refractivity contribution in [3.05, 3.63) is 166 Å². The van der Waals surface area contributed by atoms with Gasteiger partial charge in [-0.05, 0) is 239 Å². The van der Waals surface area contributed by atoms with Crippen LogP contribution in [-0.2, 0) is 20.3 Å². The van der Waals surface area contributed by atoms with Gasteiger partial charge in [-0.2, -0.15) is 0 Å². The molecule has 6 rings (SSSR count). The zero-order valence-electron chi connectivity index (χ0n) is 42.9. The zero-order chi connectivity index (χ0) is 49.6. The van der Waals surface area contributed by atoms with Crippen molar-refractivity contribution in [2.45, 2.75) is 106 Å². The number of benzene rings is 6. The monoisotopic (exact) mass is 1680 g/mol. The van der Waals surface area contributed by atoms with Crippen molar-refractivity contribution in [1.29, 1.82) is 0 Å². The molecule has 2 unspecified atom stereocenters. The number of halogens is 9. The Morgan fingerprint density at radius 3 is 1.36 bits per heavy atom. The predicted octanol–water partition coefficient (Wildman–Crippen LogP) is 1.23. The van der Waals surface area contributed by atoms with Gasteiger partial charge in [-0.1, -0.05) is 65.8 Å². The molecule has 2 atom stereocenters. The normalized spacial score (nSPS) is 11.7. The summed E-state index contributed by atoms with van der Waals surface area (Å²) < 4.78 is 50.7. The Balaban J connectivity index is 0.00000110. The van der Waals surface area contributed by atoms with E-state index in [1.165, 1.54) is 31.0 Å². The van der Waals surface area contributed by atoms with Crippen molar-refractivity contribution in [1.82, 2.24) is 0 Å². The van der Waals surface area contributed by atoms with E-state index >= 15 is 0 Å². The molecule has 0 amide bonds. The van der Waals surface area contributed by atoms with Crippen LogP contribution in [0.3, 0.4) is 0 Å². The van der Waals surface area contributed by atoms with E-state index in [0.29, 0.717) is 13.2 Å². The Hall–Kier alpha value is 0.330. The van der Waals surface area contributed by atoms with Crippen molar-refractivity contribution in [3.8, 4) is 28.7 Å².